The van der Waals surface area contributed by atoms with E-state index in [0.717, 1.165) is 102 Å². The zero-order valence-electron chi connectivity index (χ0n) is 48.0. The second-order valence-corrected chi connectivity index (χ2v) is 23.0. The molecule has 5 fully saturated rings. The minimum Gasteiger partial charge on any atom is -0.395 e. The second kappa shape index (κ2) is 29.0. The van der Waals surface area contributed by atoms with Crippen LogP contribution in [0.4, 0.5) is 0 Å². The van der Waals surface area contributed by atoms with Gasteiger partial charge in [0.1, 0.15) is 35.6 Å². The summed E-state index contributed by atoms with van der Waals surface area (Å²) < 4.78 is 3.65. The summed E-state index contributed by atoms with van der Waals surface area (Å²) in [6.07, 6.45) is 13.3. The maximum atomic E-state index is 14.4. The lowest BCUT2D eigenvalue weighted by atomic mass is 9.98. The maximum Gasteiger partial charge on any atom is 0.246 e. The van der Waals surface area contributed by atoms with Gasteiger partial charge >= 0.3 is 0 Å². The van der Waals surface area contributed by atoms with Crippen LogP contribution in [0.1, 0.15) is 139 Å². The first kappa shape index (κ1) is 59.9. The van der Waals surface area contributed by atoms with Crippen molar-refractivity contribution in [1.29, 1.82) is 0 Å². The molecule has 23 heteroatoms. The third-order valence-corrected chi connectivity index (χ3v) is 17.3. The van der Waals surface area contributed by atoms with Gasteiger partial charge in [-0.15, -0.1) is 10.2 Å². The van der Waals surface area contributed by atoms with Gasteiger partial charge in [-0.1, -0.05) is 104 Å². The van der Waals surface area contributed by atoms with Gasteiger partial charge in [0.05, 0.1) is 56.3 Å². The van der Waals surface area contributed by atoms with Gasteiger partial charge in [-0.3, -0.25) is 47.9 Å². The summed E-state index contributed by atoms with van der Waals surface area (Å²) in [5.74, 6) is -1.47. The first-order valence-electron chi connectivity index (χ1n) is 30.2. The number of rotatable bonds is 24. The van der Waals surface area contributed by atoms with Crippen LogP contribution in [0.5, 0.6) is 0 Å². The summed E-state index contributed by atoms with van der Waals surface area (Å²) in [7, 11) is 0. The molecule has 7 heterocycles. The van der Waals surface area contributed by atoms with Crippen LogP contribution in [-0.4, -0.2) is 197 Å². The fraction of sp³-hybridized carbons (Fsp3) is 0.627. The molecule has 9 rings (SSSR count). The topological polar surface area (TPSA) is 269 Å². The quantitative estimate of drug-likeness (QED) is 0.0528. The van der Waals surface area contributed by atoms with E-state index in [9.17, 15) is 33.9 Å². The number of benzene rings is 2. The molecule has 6 amide bonds. The molecule has 2 aromatic heterocycles. The summed E-state index contributed by atoms with van der Waals surface area (Å²) in [6.45, 7) is 12.6. The van der Waals surface area contributed by atoms with E-state index in [0.29, 0.717) is 63.1 Å². The number of fused-ring (bicyclic) bond motifs is 2. The summed E-state index contributed by atoms with van der Waals surface area (Å²) in [4.78, 5) is 91.8. The van der Waals surface area contributed by atoms with Crippen molar-refractivity contribution in [2.75, 3.05) is 59.0 Å². The molecule has 10 atom stereocenters. The Bertz CT molecular complexity index is 2550. The van der Waals surface area contributed by atoms with Gasteiger partial charge in [0.15, 0.2) is 0 Å². The number of piperazine rings is 1. The van der Waals surface area contributed by atoms with Crippen LogP contribution in [0.2, 0.25) is 0 Å². The standard InChI is InChI=1S/C59H86N16O7/c1-4-27-60-40(2)54(77)62-46-21-13-11-19-44-23-25-50(74(44)58(46)81)56(79)64-52(42-15-7-5-8-16-42)48-38-72(68-66-48)35-33-70-29-31-71(32-30-70)34-36-73-39-49(67-69-73)53(43-17-9-6-10-18-43)65-57(80)51-26-24-45-20-12-14-22-47(59(82)75(45)51)63-55(78)41(3)61-28-37-76/h5-10,15-18,38-41,44-47,50-53,60-61,76H,4,11-14,19-37H2,1-3H3,(H,62,77)(H,63,78)(H,64,79)(H,65,80)/t40-,41-,44-,45-,46-,47-,50-,51-,52+,53-/m0/s1. The highest BCUT2D eigenvalue weighted by Gasteiger charge is 2.46. The summed E-state index contributed by atoms with van der Waals surface area (Å²) in [5, 5.41) is 46.0. The molecule has 444 valence electrons. The molecule has 82 heavy (non-hydrogen) atoms. The molecule has 0 spiro atoms. The van der Waals surface area contributed by atoms with Gasteiger partial charge in [0.25, 0.3) is 0 Å². The average Bonchev–Trinajstić information content (AvgIpc) is 4.40. The number of aliphatic hydroxyl groups is 1. The molecule has 0 aliphatic carbocycles. The molecule has 7 N–H and O–H groups in total. The fourth-order valence-corrected chi connectivity index (χ4v) is 12.5. The second-order valence-electron chi connectivity index (χ2n) is 23.0. The molecule has 5 saturated heterocycles. The fourth-order valence-electron chi connectivity index (χ4n) is 12.5. The Balaban J connectivity index is 0.767. The molecule has 2 aromatic carbocycles. The molecule has 4 aromatic rings. The van der Waals surface area contributed by atoms with Crippen LogP contribution in [0.15, 0.2) is 73.1 Å². The molecule has 0 bridgehead atoms. The number of aromatic nitrogens is 6. The van der Waals surface area contributed by atoms with Crippen LogP contribution >= 0.6 is 0 Å². The number of carbonyl (C=O) groups is 6. The van der Waals surface area contributed by atoms with E-state index in [1.165, 1.54) is 0 Å². The number of aliphatic hydroxyl groups excluding tert-OH is 1. The Labute approximate surface area is 481 Å². The third kappa shape index (κ3) is 15.1. The highest BCUT2D eigenvalue weighted by atomic mass is 16.3. The summed E-state index contributed by atoms with van der Waals surface area (Å²) in [6, 6.07) is 14.2. The molecule has 0 saturated carbocycles. The van der Waals surface area contributed by atoms with Gasteiger partial charge < -0.3 is 46.8 Å². The average molecular weight is 1130 g/mol. The molecule has 0 radical (unpaired) electrons. The lowest BCUT2D eigenvalue weighted by molar-refractivity contribution is -0.144. The zero-order valence-corrected chi connectivity index (χ0v) is 48.0. The zero-order chi connectivity index (χ0) is 57.5. The molecular weight excluding hydrogens is 1040 g/mol. The van der Waals surface area contributed by atoms with Crippen LogP contribution in [0.3, 0.4) is 0 Å². The van der Waals surface area contributed by atoms with Crippen molar-refractivity contribution in [1.82, 2.24) is 81.5 Å². The number of carbonyl (C=O) groups excluding carboxylic acids is 6. The highest BCUT2D eigenvalue weighted by molar-refractivity contribution is 5.95. The molecular formula is C59H86N16O7. The van der Waals surface area contributed by atoms with E-state index in [1.807, 2.05) is 96.3 Å². The van der Waals surface area contributed by atoms with E-state index in [1.54, 1.807) is 16.7 Å². The van der Waals surface area contributed by atoms with E-state index in [-0.39, 0.29) is 60.7 Å². The predicted octanol–water partition coefficient (Wildman–Crippen LogP) is 1.79. The van der Waals surface area contributed by atoms with Crippen molar-refractivity contribution in [2.45, 2.75) is 178 Å². The van der Waals surface area contributed by atoms with Gasteiger partial charge in [0.2, 0.25) is 35.4 Å². The van der Waals surface area contributed by atoms with Gasteiger partial charge in [-0.25, -0.2) is 0 Å². The van der Waals surface area contributed by atoms with E-state index >= 15 is 0 Å². The predicted molar refractivity (Wildman–Crippen MR) is 306 cm³/mol. The minimum atomic E-state index is -0.746. The van der Waals surface area contributed by atoms with Gasteiger partial charge in [-0.2, -0.15) is 0 Å². The number of amides is 6. The molecule has 5 aliphatic heterocycles. The number of nitrogens with zero attached hydrogens (tertiary/aromatic N) is 10. The first-order valence-corrected chi connectivity index (χ1v) is 30.2. The van der Waals surface area contributed by atoms with Crippen molar-refractivity contribution in [3.63, 3.8) is 0 Å². The van der Waals surface area contributed by atoms with Gasteiger partial charge in [0, 0.05) is 57.9 Å². The largest absolute Gasteiger partial charge is 0.395 e. The number of nitrogens with one attached hydrogen (secondary N) is 6. The number of hydrogen-bond donors (Lipinski definition) is 7. The molecule has 23 nitrogen and oxygen atoms in total. The minimum absolute atomic E-state index is 0.0621. The Hall–Kier alpha value is -6.66. The van der Waals surface area contributed by atoms with Crippen molar-refractivity contribution in [3.05, 3.63) is 95.6 Å². The van der Waals surface area contributed by atoms with Crippen LogP contribution in [0.25, 0.3) is 0 Å². The molecule has 0 unspecified atom stereocenters. The van der Waals surface area contributed by atoms with Crippen LogP contribution in [-0.2, 0) is 41.9 Å². The van der Waals surface area contributed by atoms with E-state index in [4.69, 9.17) is 0 Å². The van der Waals surface area contributed by atoms with Crippen LogP contribution in [0, 0.1) is 0 Å². The summed E-state index contributed by atoms with van der Waals surface area (Å²) in [5.41, 5.74) is 2.90. The van der Waals surface area contributed by atoms with Crippen molar-refractivity contribution >= 4 is 35.4 Å². The Morgan fingerprint density at radius 1 is 0.561 bits per heavy atom. The highest BCUT2D eigenvalue weighted by Crippen LogP contribution is 2.34. The van der Waals surface area contributed by atoms with E-state index < -0.39 is 48.3 Å². The van der Waals surface area contributed by atoms with Crippen LogP contribution < -0.4 is 31.9 Å². The first-order chi connectivity index (χ1) is 39.9. The lowest BCUT2D eigenvalue weighted by Gasteiger charge is -2.36. The smallest absolute Gasteiger partial charge is 0.246 e. The van der Waals surface area contributed by atoms with Crippen molar-refractivity contribution in [2.24, 2.45) is 0 Å². The Morgan fingerprint density at radius 2 is 0.976 bits per heavy atom. The Kier molecular flexibility index (Phi) is 21.2. The third-order valence-electron chi connectivity index (χ3n) is 17.3. The lowest BCUT2D eigenvalue weighted by Crippen LogP contribution is -2.58. The van der Waals surface area contributed by atoms with Crippen molar-refractivity contribution in [3.8, 4) is 0 Å². The Morgan fingerprint density at radius 3 is 1.39 bits per heavy atom. The summed E-state index contributed by atoms with van der Waals surface area (Å²) >= 11 is 0. The number of hydrogen-bond acceptors (Lipinski definition) is 15. The van der Waals surface area contributed by atoms with Gasteiger partial charge in [-0.05, 0) is 89.3 Å². The maximum absolute atomic E-state index is 14.4. The SMILES string of the molecule is CCCN[C@@H](C)C(=O)N[C@H]1CCCC[C@H]2CC[C@@H](C(=O)N[C@H](c3ccccc3)c3cn(CCN4CCN(CCn5cc([C@@H](NC(=O)[C@@H]6CC[C@@H]7CCCC[C@H](NC(=O)[C@H](C)NCCO)C(=O)N76)c6ccccc6)nn5)CC4)nn3)N2C1=O. The van der Waals surface area contributed by atoms with E-state index in [2.05, 4.69) is 62.3 Å². The normalized spacial score (nSPS) is 24.2. The monoisotopic (exact) mass is 1130 g/mol. The van der Waals surface area contributed by atoms with Crippen molar-refractivity contribution < 1.29 is 33.9 Å². The molecule has 5 aliphatic rings.